The summed E-state index contributed by atoms with van der Waals surface area (Å²) in [5, 5.41) is 0. The highest BCUT2D eigenvalue weighted by Gasteiger charge is 2.20. The Balaban J connectivity index is 2.13. The zero-order valence-electron chi connectivity index (χ0n) is 7.00. The number of halogens is 1. The predicted molar refractivity (Wildman–Crippen MR) is 53.8 cm³/mol. The summed E-state index contributed by atoms with van der Waals surface area (Å²) in [6.07, 6.45) is 0.179. The van der Waals surface area contributed by atoms with E-state index >= 15 is 0 Å². The second kappa shape index (κ2) is 3.55. The predicted octanol–water partition coefficient (Wildman–Crippen LogP) is 1.81. The SMILES string of the molecule is Nc1ccc(Br)c(OC2COC2)c1. The Bertz CT molecular complexity index is 312. The van der Waals surface area contributed by atoms with Gasteiger partial charge < -0.3 is 15.2 Å². The average Bonchev–Trinajstić information content (AvgIpc) is 2.03. The van der Waals surface area contributed by atoms with Gasteiger partial charge in [0.2, 0.25) is 0 Å². The summed E-state index contributed by atoms with van der Waals surface area (Å²) < 4.78 is 11.5. The van der Waals surface area contributed by atoms with Crippen molar-refractivity contribution in [3.8, 4) is 5.75 Å². The van der Waals surface area contributed by atoms with Gasteiger partial charge in [0.1, 0.15) is 11.9 Å². The van der Waals surface area contributed by atoms with Crippen LogP contribution in [0.15, 0.2) is 22.7 Å². The van der Waals surface area contributed by atoms with Gasteiger partial charge in [0.15, 0.2) is 0 Å². The first-order valence-corrected chi connectivity index (χ1v) is 4.84. The van der Waals surface area contributed by atoms with Gasteiger partial charge in [-0.1, -0.05) is 0 Å². The minimum atomic E-state index is 0.179. The molecule has 2 N–H and O–H groups in total. The molecule has 0 unspecified atom stereocenters. The summed E-state index contributed by atoms with van der Waals surface area (Å²) >= 11 is 3.39. The maximum atomic E-state index is 5.63. The van der Waals surface area contributed by atoms with E-state index in [0.717, 1.165) is 10.2 Å². The van der Waals surface area contributed by atoms with E-state index in [2.05, 4.69) is 15.9 Å². The van der Waals surface area contributed by atoms with E-state index in [-0.39, 0.29) is 6.10 Å². The number of hydrogen-bond acceptors (Lipinski definition) is 3. The largest absolute Gasteiger partial charge is 0.484 e. The molecule has 1 aliphatic heterocycles. The molecule has 3 nitrogen and oxygen atoms in total. The van der Waals surface area contributed by atoms with Gasteiger partial charge in [-0.25, -0.2) is 0 Å². The van der Waals surface area contributed by atoms with Crippen LogP contribution in [-0.4, -0.2) is 19.3 Å². The van der Waals surface area contributed by atoms with E-state index < -0.39 is 0 Å². The van der Waals surface area contributed by atoms with Gasteiger partial charge in [0.25, 0.3) is 0 Å². The molecular formula is C9H10BrNO2. The molecule has 1 fully saturated rings. The Hall–Kier alpha value is -0.740. The summed E-state index contributed by atoms with van der Waals surface area (Å²) in [5.74, 6) is 0.785. The maximum Gasteiger partial charge on any atom is 0.145 e. The molecule has 1 heterocycles. The van der Waals surface area contributed by atoms with E-state index in [9.17, 15) is 0 Å². The third-order valence-electron chi connectivity index (χ3n) is 1.86. The molecule has 0 radical (unpaired) electrons. The second-order valence-corrected chi connectivity index (χ2v) is 3.82. The minimum absolute atomic E-state index is 0.179. The van der Waals surface area contributed by atoms with Crippen LogP contribution < -0.4 is 10.5 Å². The number of anilines is 1. The highest BCUT2D eigenvalue weighted by atomic mass is 79.9. The van der Waals surface area contributed by atoms with Crippen LogP contribution in [0, 0.1) is 0 Å². The van der Waals surface area contributed by atoms with Crippen molar-refractivity contribution in [2.75, 3.05) is 18.9 Å². The van der Waals surface area contributed by atoms with Crippen LogP contribution in [0.3, 0.4) is 0 Å². The molecule has 0 bridgehead atoms. The third kappa shape index (κ3) is 1.95. The fourth-order valence-electron chi connectivity index (χ4n) is 1.07. The first-order valence-electron chi connectivity index (χ1n) is 4.05. The van der Waals surface area contributed by atoms with Crippen molar-refractivity contribution in [1.82, 2.24) is 0 Å². The molecule has 0 aliphatic carbocycles. The molecule has 0 spiro atoms. The van der Waals surface area contributed by atoms with Crippen molar-refractivity contribution in [2.45, 2.75) is 6.10 Å². The topological polar surface area (TPSA) is 44.5 Å². The lowest BCUT2D eigenvalue weighted by atomic mass is 10.3. The average molecular weight is 244 g/mol. The third-order valence-corrected chi connectivity index (χ3v) is 2.51. The number of nitrogens with two attached hydrogens (primary N) is 1. The molecule has 13 heavy (non-hydrogen) atoms. The van der Waals surface area contributed by atoms with Crippen LogP contribution in [0.1, 0.15) is 0 Å². The first-order chi connectivity index (χ1) is 6.25. The number of nitrogen functional groups attached to an aromatic ring is 1. The van der Waals surface area contributed by atoms with Gasteiger partial charge in [0.05, 0.1) is 17.7 Å². The van der Waals surface area contributed by atoms with Gasteiger partial charge in [-0.3, -0.25) is 0 Å². The molecular weight excluding hydrogens is 234 g/mol. The van der Waals surface area contributed by atoms with Crippen molar-refractivity contribution in [3.63, 3.8) is 0 Å². The lowest BCUT2D eigenvalue weighted by molar-refractivity contribution is -0.0799. The lowest BCUT2D eigenvalue weighted by Gasteiger charge is -2.27. The van der Waals surface area contributed by atoms with Gasteiger partial charge in [-0.05, 0) is 28.1 Å². The van der Waals surface area contributed by atoms with Crippen LogP contribution in [-0.2, 0) is 4.74 Å². The van der Waals surface area contributed by atoms with Gasteiger partial charge in [-0.15, -0.1) is 0 Å². The Kier molecular flexibility index (Phi) is 2.42. The van der Waals surface area contributed by atoms with Crippen LogP contribution in [0.4, 0.5) is 5.69 Å². The Morgan fingerprint density at radius 3 is 2.85 bits per heavy atom. The van der Waals surface area contributed by atoms with Gasteiger partial charge in [0, 0.05) is 11.8 Å². The van der Waals surface area contributed by atoms with E-state index in [0.29, 0.717) is 18.9 Å². The van der Waals surface area contributed by atoms with Crippen LogP contribution in [0.5, 0.6) is 5.75 Å². The van der Waals surface area contributed by atoms with Crippen LogP contribution >= 0.6 is 15.9 Å². The minimum Gasteiger partial charge on any atom is -0.484 e. The molecule has 1 aromatic rings. The van der Waals surface area contributed by atoms with E-state index in [1.165, 1.54) is 0 Å². The first kappa shape index (κ1) is 8.84. The van der Waals surface area contributed by atoms with Crippen molar-refractivity contribution < 1.29 is 9.47 Å². The van der Waals surface area contributed by atoms with Crippen LogP contribution in [0.25, 0.3) is 0 Å². The number of rotatable bonds is 2. The van der Waals surface area contributed by atoms with E-state index in [4.69, 9.17) is 15.2 Å². The molecule has 0 atom stereocenters. The van der Waals surface area contributed by atoms with Gasteiger partial charge in [-0.2, -0.15) is 0 Å². The summed E-state index contributed by atoms with van der Waals surface area (Å²) in [7, 11) is 0. The van der Waals surface area contributed by atoms with E-state index in [1.807, 2.05) is 18.2 Å². The highest BCUT2D eigenvalue weighted by Crippen LogP contribution is 2.28. The van der Waals surface area contributed by atoms with Crippen molar-refractivity contribution in [2.24, 2.45) is 0 Å². The molecule has 4 heteroatoms. The quantitative estimate of drug-likeness (QED) is 0.807. The number of benzene rings is 1. The van der Waals surface area contributed by atoms with Crippen molar-refractivity contribution in [3.05, 3.63) is 22.7 Å². The molecule has 1 aliphatic rings. The standard InChI is InChI=1S/C9H10BrNO2/c10-8-2-1-6(11)3-9(8)13-7-4-12-5-7/h1-3,7H,4-5,11H2. The van der Waals surface area contributed by atoms with E-state index in [1.54, 1.807) is 0 Å². The summed E-state index contributed by atoms with van der Waals surface area (Å²) in [6.45, 7) is 1.34. The summed E-state index contributed by atoms with van der Waals surface area (Å²) in [4.78, 5) is 0. The zero-order chi connectivity index (χ0) is 9.26. The molecule has 1 aromatic carbocycles. The number of ether oxygens (including phenoxy) is 2. The molecule has 2 rings (SSSR count). The van der Waals surface area contributed by atoms with Crippen molar-refractivity contribution in [1.29, 1.82) is 0 Å². The normalized spacial score (nSPS) is 16.7. The maximum absolute atomic E-state index is 5.63. The smallest absolute Gasteiger partial charge is 0.145 e. The molecule has 1 saturated heterocycles. The molecule has 0 amide bonds. The van der Waals surface area contributed by atoms with Gasteiger partial charge >= 0.3 is 0 Å². The zero-order valence-corrected chi connectivity index (χ0v) is 8.58. The lowest BCUT2D eigenvalue weighted by Crippen LogP contribution is -2.38. The molecule has 70 valence electrons. The number of hydrogen-bond donors (Lipinski definition) is 1. The Labute approximate surface area is 85.0 Å². The second-order valence-electron chi connectivity index (χ2n) is 2.97. The summed E-state index contributed by atoms with van der Waals surface area (Å²) in [6, 6.07) is 5.51. The van der Waals surface area contributed by atoms with Crippen molar-refractivity contribution >= 4 is 21.6 Å². The Morgan fingerprint density at radius 1 is 1.46 bits per heavy atom. The van der Waals surface area contributed by atoms with Crippen LogP contribution in [0.2, 0.25) is 0 Å². The summed E-state index contributed by atoms with van der Waals surface area (Å²) in [5.41, 5.74) is 6.34. The molecule has 0 aromatic heterocycles. The monoisotopic (exact) mass is 243 g/mol. The molecule has 0 saturated carbocycles. The fourth-order valence-corrected chi connectivity index (χ4v) is 1.41. The fraction of sp³-hybridized carbons (Fsp3) is 0.333. The highest BCUT2D eigenvalue weighted by molar-refractivity contribution is 9.10. The Morgan fingerprint density at radius 2 is 2.23 bits per heavy atom.